The molecule has 136 valence electrons. The number of alkyl halides is 3. The summed E-state index contributed by atoms with van der Waals surface area (Å²) in [6, 6.07) is 4.69. The number of nitrogens with zero attached hydrogens (tertiary/aromatic N) is 2. The predicted molar refractivity (Wildman–Crippen MR) is 83.9 cm³/mol. The second kappa shape index (κ2) is 7.40. The number of nitrogens with one attached hydrogen (secondary N) is 1. The molecule has 1 atom stereocenters. The number of rotatable bonds is 4. The summed E-state index contributed by atoms with van der Waals surface area (Å²) in [5.41, 5.74) is 0.934. The minimum Gasteiger partial charge on any atom is -0.467 e. The van der Waals surface area contributed by atoms with Gasteiger partial charge in [-0.05, 0) is 17.7 Å². The van der Waals surface area contributed by atoms with Crippen LogP contribution in [0.2, 0.25) is 0 Å². The molecule has 2 heterocycles. The number of anilines is 1. The van der Waals surface area contributed by atoms with E-state index in [1.807, 2.05) is 0 Å². The van der Waals surface area contributed by atoms with E-state index in [9.17, 15) is 17.6 Å². The number of hydrogen-bond donors (Lipinski definition) is 1. The average Bonchev–Trinajstić information content (AvgIpc) is 2.60. The lowest BCUT2D eigenvalue weighted by molar-refractivity contribution is -0.165. The highest BCUT2D eigenvalue weighted by Crippen LogP contribution is 2.27. The smallest absolute Gasteiger partial charge is 0.422 e. The van der Waals surface area contributed by atoms with E-state index in [1.165, 1.54) is 23.4 Å². The molecule has 0 bridgehead atoms. The van der Waals surface area contributed by atoms with Crippen molar-refractivity contribution < 1.29 is 27.0 Å². The van der Waals surface area contributed by atoms with Crippen molar-refractivity contribution in [1.82, 2.24) is 5.32 Å². The molecule has 2 aliphatic heterocycles. The van der Waals surface area contributed by atoms with Gasteiger partial charge in [-0.2, -0.15) is 13.2 Å². The van der Waals surface area contributed by atoms with Gasteiger partial charge < -0.3 is 19.7 Å². The first-order chi connectivity index (χ1) is 11.9. The Morgan fingerprint density at radius 3 is 2.88 bits per heavy atom. The van der Waals surface area contributed by atoms with E-state index in [1.54, 1.807) is 12.1 Å². The number of benzene rings is 1. The van der Waals surface area contributed by atoms with Crippen molar-refractivity contribution >= 4 is 11.9 Å². The van der Waals surface area contributed by atoms with Crippen LogP contribution in [0.5, 0.6) is 0 Å². The minimum atomic E-state index is -4.46. The Morgan fingerprint density at radius 2 is 2.20 bits per heavy atom. The van der Waals surface area contributed by atoms with E-state index in [2.05, 4.69) is 15.0 Å². The summed E-state index contributed by atoms with van der Waals surface area (Å²) in [7, 11) is 0. The highest BCUT2D eigenvalue weighted by molar-refractivity contribution is 5.70. The molecular weight excluding hydrogens is 342 g/mol. The van der Waals surface area contributed by atoms with Crippen molar-refractivity contribution in [2.75, 3.05) is 37.7 Å². The molecule has 1 saturated heterocycles. The molecule has 1 fully saturated rings. The molecule has 1 N–H and O–H groups in total. The van der Waals surface area contributed by atoms with Gasteiger partial charge in [0.25, 0.3) is 0 Å². The van der Waals surface area contributed by atoms with Crippen molar-refractivity contribution in [2.24, 2.45) is 4.99 Å². The van der Waals surface area contributed by atoms with Gasteiger partial charge in [-0.1, -0.05) is 6.07 Å². The normalized spacial score (nSPS) is 21.2. The van der Waals surface area contributed by atoms with Gasteiger partial charge in [0.05, 0.1) is 31.1 Å². The summed E-state index contributed by atoms with van der Waals surface area (Å²) in [6.45, 7) is 0.702. The molecule has 1 aromatic rings. The molecule has 0 saturated carbocycles. The zero-order chi connectivity index (χ0) is 17.9. The Kier molecular flexibility index (Phi) is 5.24. The first kappa shape index (κ1) is 17.7. The van der Waals surface area contributed by atoms with Gasteiger partial charge in [-0.3, -0.25) is 0 Å². The van der Waals surface area contributed by atoms with Crippen LogP contribution in [-0.2, 0) is 9.47 Å². The fourth-order valence-corrected chi connectivity index (χ4v) is 2.57. The Labute approximate surface area is 141 Å². The van der Waals surface area contributed by atoms with Gasteiger partial charge in [-0.15, -0.1) is 0 Å². The van der Waals surface area contributed by atoms with Crippen LogP contribution >= 0.6 is 0 Å². The van der Waals surface area contributed by atoms with Crippen LogP contribution in [0.4, 0.5) is 23.2 Å². The molecule has 5 nitrogen and oxygen atoms in total. The number of hydrogen-bond acceptors (Lipinski definition) is 5. The quantitative estimate of drug-likeness (QED) is 0.840. The summed E-state index contributed by atoms with van der Waals surface area (Å²) in [4.78, 5) is 5.19. The Bertz CT molecular complexity index is 670. The molecule has 0 aliphatic carbocycles. The summed E-state index contributed by atoms with van der Waals surface area (Å²) in [5.74, 6) is -0.708. The van der Waals surface area contributed by atoms with E-state index in [0.29, 0.717) is 18.7 Å². The molecule has 9 heteroatoms. The molecular formula is C16H17F4N3O2. The van der Waals surface area contributed by atoms with Gasteiger partial charge in [0.2, 0.25) is 5.88 Å². The van der Waals surface area contributed by atoms with Gasteiger partial charge in [0, 0.05) is 19.3 Å². The van der Waals surface area contributed by atoms with Crippen LogP contribution in [0.15, 0.2) is 35.3 Å². The van der Waals surface area contributed by atoms with Gasteiger partial charge in [-0.25, -0.2) is 9.38 Å². The van der Waals surface area contributed by atoms with E-state index in [-0.39, 0.29) is 24.2 Å². The molecule has 0 aromatic heterocycles. The average molecular weight is 359 g/mol. The van der Waals surface area contributed by atoms with Crippen molar-refractivity contribution in [1.29, 1.82) is 0 Å². The number of aliphatic imine (C=N–C) groups is 1. The first-order valence-corrected chi connectivity index (χ1v) is 7.75. The summed E-state index contributed by atoms with van der Waals surface area (Å²) in [6.07, 6.45) is -2.06. The molecule has 0 amide bonds. The lowest BCUT2D eigenvalue weighted by Crippen LogP contribution is -2.33. The lowest BCUT2D eigenvalue weighted by atomic mass is 10.1. The molecule has 3 rings (SSSR count). The monoisotopic (exact) mass is 359 g/mol. The summed E-state index contributed by atoms with van der Waals surface area (Å²) < 4.78 is 61.3. The SMILES string of the molecule is Fc1cc([C@H]2CNCCO2)ccc1N1C=C(OCC(F)(F)F)N=CC1. The third kappa shape index (κ3) is 4.70. The third-order valence-electron chi connectivity index (χ3n) is 3.73. The van der Waals surface area contributed by atoms with Gasteiger partial charge >= 0.3 is 6.18 Å². The lowest BCUT2D eigenvalue weighted by Gasteiger charge is -2.26. The largest absolute Gasteiger partial charge is 0.467 e. The highest BCUT2D eigenvalue weighted by atomic mass is 19.4. The maximum Gasteiger partial charge on any atom is 0.422 e. The van der Waals surface area contributed by atoms with E-state index in [4.69, 9.17) is 4.74 Å². The minimum absolute atomic E-state index is 0.216. The molecule has 25 heavy (non-hydrogen) atoms. The zero-order valence-electron chi connectivity index (χ0n) is 13.2. The predicted octanol–water partition coefficient (Wildman–Crippen LogP) is 2.76. The Hall–Kier alpha value is -2.13. The van der Waals surface area contributed by atoms with Crippen LogP contribution in [0.1, 0.15) is 11.7 Å². The van der Waals surface area contributed by atoms with Crippen molar-refractivity contribution in [3.05, 3.63) is 41.7 Å². The van der Waals surface area contributed by atoms with Crippen LogP contribution in [0.3, 0.4) is 0 Å². The van der Waals surface area contributed by atoms with E-state index in [0.717, 1.165) is 6.54 Å². The third-order valence-corrected chi connectivity index (χ3v) is 3.73. The second-order valence-electron chi connectivity index (χ2n) is 5.61. The van der Waals surface area contributed by atoms with E-state index >= 15 is 0 Å². The maximum absolute atomic E-state index is 14.5. The van der Waals surface area contributed by atoms with E-state index < -0.39 is 18.6 Å². The maximum atomic E-state index is 14.5. The highest BCUT2D eigenvalue weighted by Gasteiger charge is 2.29. The molecule has 2 aliphatic rings. The first-order valence-electron chi connectivity index (χ1n) is 7.75. The van der Waals surface area contributed by atoms with Gasteiger partial charge in [0.1, 0.15) is 5.82 Å². The molecule has 1 aromatic carbocycles. The van der Waals surface area contributed by atoms with Crippen LogP contribution in [-0.4, -0.2) is 45.2 Å². The zero-order valence-corrected chi connectivity index (χ0v) is 13.2. The topological polar surface area (TPSA) is 46.1 Å². The van der Waals surface area contributed by atoms with Crippen molar-refractivity contribution in [3.8, 4) is 0 Å². The Morgan fingerprint density at radius 1 is 1.36 bits per heavy atom. The Balaban J connectivity index is 1.72. The van der Waals surface area contributed by atoms with Crippen molar-refractivity contribution in [2.45, 2.75) is 12.3 Å². The van der Waals surface area contributed by atoms with Gasteiger partial charge in [0.15, 0.2) is 6.61 Å². The van der Waals surface area contributed by atoms with Crippen LogP contribution in [0, 0.1) is 5.82 Å². The second-order valence-corrected chi connectivity index (χ2v) is 5.61. The number of ether oxygens (including phenoxy) is 2. The molecule has 0 radical (unpaired) electrons. The molecule has 0 unspecified atom stereocenters. The summed E-state index contributed by atoms with van der Waals surface area (Å²) in [5, 5.41) is 3.17. The van der Waals surface area contributed by atoms with Crippen LogP contribution in [0.25, 0.3) is 0 Å². The van der Waals surface area contributed by atoms with Crippen molar-refractivity contribution in [3.63, 3.8) is 0 Å². The fraction of sp³-hybridized carbons (Fsp3) is 0.438. The standard InChI is InChI=1S/C16H17F4N3O2/c17-12-7-11(14-8-21-4-6-24-14)1-2-13(12)23-5-3-22-15(9-23)25-10-16(18,19)20/h1-3,7,9,14,21H,4-6,8,10H2/t14-/m1/s1. The number of halogens is 4. The molecule has 0 spiro atoms. The van der Waals surface area contributed by atoms with Crippen LogP contribution < -0.4 is 10.2 Å². The summed E-state index contributed by atoms with van der Waals surface area (Å²) >= 11 is 0. The fourth-order valence-electron chi connectivity index (χ4n) is 2.57. The number of morpholine rings is 1.